The molecule has 5 amide bonds. The number of likely N-dealkylation sites (tertiary alicyclic amines) is 2. The van der Waals surface area contributed by atoms with E-state index in [0.717, 1.165) is 19.3 Å². The molecular formula is C31H49N5O9S. The number of hydrogen-bond donors (Lipinski definition) is 3. The molecule has 4 aliphatic rings. The normalized spacial score (nSPS) is 27.2. The van der Waals surface area contributed by atoms with Gasteiger partial charge in [0, 0.05) is 25.4 Å². The third-order valence-electron chi connectivity index (χ3n) is 8.74. The summed E-state index contributed by atoms with van der Waals surface area (Å²) < 4.78 is 38.5. The summed E-state index contributed by atoms with van der Waals surface area (Å²) in [5, 5.41) is 4.78. The van der Waals surface area contributed by atoms with E-state index in [9.17, 15) is 32.4 Å². The lowest BCUT2D eigenvalue weighted by molar-refractivity contribution is -0.162. The van der Waals surface area contributed by atoms with Crippen LogP contribution in [0.5, 0.6) is 0 Å². The van der Waals surface area contributed by atoms with Crippen molar-refractivity contribution in [3.63, 3.8) is 0 Å². The van der Waals surface area contributed by atoms with Crippen LogP contribution in [-0.2, 0) is 33.9 Å². The molecule has 0 bridgehead atoms. The van der Waals surface area contributed by atoms with Gasteiger partial charge in [0.25, 0.3) is 5.91 Å². The summed E-state index contributed by atoms with van der Waals surface area (Å²) >= 11 is 0. The van der Waals surface area contributed by atoms with Crippen molar-refractivity contribution >= 4 is 39.9 Å². The van der Waals surface area contributed by atoms with Gasteiger partial charge in [0.05, 0.1) is 11.8 Å². The molecule has 3 N–H and O–H groups in total. The molecule has 0 aromatic heterocycles. The van der Waals surface area contributed by atoms with Crippen LogP contribution in [0.25, 0.3) is 0 Å². The molecule has 2 aliphatic carbocycles. The van der Waals surface area contributed by atoms with Crippen LogP contribution in [0.4, 0.5) is 9.59 Å². The Bertz CT molecular complexity index is 1340. The average Bonchev–Trinajstić information content (AvgIpc) is 3.87. The van der Waals surface area contributed by atoms with Crippen LogP contribution in [0.2, 0.25) is 0 Å². The molecule has 0 aromatic carbocycles. The number of amides is 5. The van der Waals surface area contributed by atoms with Gasteiger partial charge in [0.1, 0.15) is 29.3 Å². The molecule has 15 heteroatoms. The lowest BCUT2D eigenvalue weighted by atomic mass is 9.86. The first kappa shape index (κ1) is 35.5. The minimum Gasteiger partial charge on any atom is -0.458 e. The second kappa shape index (κ2) is 13.0. The Labute approximate surface area is 271 Å². The van der Waals surface area contributed by atoms with E-state index < -0.39 is 85.8 Å². The quantitative estimate of drug-likeness (QED) is 0.245. The maximum atomic E-state index is 13.9. The van der Waals surface area contributed by atoms with Crippen molar-refractivity contribution in [2.75, 3.05) is 19.6 Å². The largest absolute Gasteiger partial charge is 0.458 e. The Kier molecular flexibility index (Phi) is 10.1. The Hall–Kier alpha value is -3.36. The van der Waals surface area contributed by atoms with E-state index in [0.29, 0.717) is 25.9 Å². The van der Waals surface area contributed by atoms with Crippen molar-refractivity contribution in [1.29, 1.82) is 0 Å². The highest BCUT2D eigenvalue weighted by molar-refractivity contribution is 7.91. The van der Waals surface area contributed by atoms with E-state index in [1.54, 1.807) is 46.4 Å². The number of nitrogens with zero attached hydrogens (tertiary/aromatic N) is 2. The maximum absolute atomic E-state index is 13.9. The Morgan fingerprint density at radius 1 is 1.00 bits per heavy atom. The number of sulfonamides is 1. The molecule has 5 atom stereocenters. The number of carbonyl (C=O) groups is 5. The first-order valence-corrected chi connectivity index (χ1v) is 17.6. The van der Waals surface area contributed by atoms with Gasteiger partial charge in [0.15, 0.2) is 0 Å². The zero-order chi connectivity index (χ0) is 34.2. The van der Waals surface area contributed by atoms with E-state index in [1.165, 1.54) is 11.0 Å². The van der Waals surface area contributed by atoms with Gasteiger partial charge in [-0.3, -0.25) is 14.3 Å². The van der Waals surface area contributed by atoms with E-state index >= 15 is 0 Å². The summed E-state index contributed by atoms with van der Waals surface area (Å²) in [5.74, 6) is -2.72. The number of nitrogens with one attached hydrogen (secondary N) is 3. The second-order valence-electron chi connectivity index (χ2n) is 14.9. The molecule has 258 valence electrons. The first-order valence-electron chi connectivity index (χ1n) is 16.0. The van der Waals surface area contributed by atoms with Crippen molar-refractivity contribution in [3.05, 3.63) is 12.7 Å². The third kappa shape index (κ3) is 8.31. The van der Waals surface area contributed by atoms with Crippen molar-refractivity contribution in [1.82, 2.24) is 25.2 Å². The van der Waals surface area contributed by atoms with Gasteiger partial charge < -0.3 is 29.9 Å². The number of carbonyl (C=O) groups excluding carboxylic acids is 5. The summed E-state index contributed by atoms with van der Waals surface area (Å²) in [6.45, 7) is 15.1. The Morgan fingerprint density at radius 2 is 1.63 bits per heavy atom. The van der Waals surface area contributed by atoms with Crippen LogP contribution in [0.1, 0.15) is 86.5 Å². The number of esters is 1. The minimum absolute atomic E-state index is 0.0514. The van der Waals surface area contributed by atoms with Gasteiger partial charge in [-0.2, -0.15) is 0 Å². The molecule has 4 rings (SSSR count). The topological polar surface area (TPSA) is 181 Å². The summed E-state index contributed by atoms with van der Waals surface area (Å²) in [6.07, 6.45) is 3.77. The molecule has 4 fully saturated rings. The van der Waals surface area contributed by atoms with Crippen LogP contribution in [0, 0.1) is 11.3 Å². The highest BCUT2D eigenvalue weighted by atomic mass is 32.2. The molecule has 0 aromatic rings. The smallest absolute Gasteiger partial charge is 0.410 e. The zero-order valence-corrected chi connectivity index (χ0v) is 28.5. The van der Waals surface area contributed by atoms with E-state index in [-0.39, 0.29) is 19.4 Å². The molecule has 2 saturated carbocycles. The van der Waals surface area contributed by atoms with Gasteiger partial charge in [0.2, 0.25) is 15.9 Å². The van der Waals surface area contributed by atoms with Gasteiger partial charge in [-0.1, -0.05) is 26.8 Å². The second-order valence-corrected chi connectivity index (χ2v) is 16.9. The summed E-state index contributed by atoms with van der Waals surface area (Å²) in [5.41, 5.74) is -3.15. The number of hydrogen-bond acceptors (Lipinski definition) is 9. The highest BCUT2D eigenvalue weighted by Crippen LogP contribution is 2.45. The molecule has 2 aliphatic heterocycles. The lowest BCUT2D eigenvalue weighted by Crippen LogP contribution is -2.59. The monoisotopic (exact) mass is 667 g/mol. The number of ether oxygens (including phenoxy) is 2. The molecule has 0 radical (unpaired) electrons. The van der Waals surface area contributed by atoms with Gasteiger partial charge in [-0.05, 0) is 64.7 Å². The number of piperidine rings is 1. The molecular weight excluding hydrogens is 618 g/mol. The summed E-state index contributed by atoms with van der Waals surface area (Å²) in [7, 11) is -3.89. The van der Waals surface area contributed by atoms with Crippen LogP contribution < -0.4 is 15.4 Å². The van der Waals surface area contributed by atoms with Crippen molar-refractivity contribution < 1.29 is 41.9 Å². The zero-order valence-electron chi connectivity index (χ0n) is 27.7. The summed E-state index contributed by atoms with van der Waals surface area (Å²) in [6, 6.07) is -3.07. The summed E-state index contributed by atoms with van der Waals surface area (Å²) in [4.78, 5) is 69.8. The van der Waals surface area contributed by atoms with Gasteiger partial charge in [-0.15, -0.1) is 6.58 Å². The average molecular weight is 668 g/mol. The SMILES string of the molecule is C=C[C@H]1C[C@]1(NC(=O)N1C[C@@H](OC(=O)N2CCCCC2)C[C@H]1C(=O)N[C@H](C(=O)OC(C)(C)C)C(C)(C)C)C(=O)NS(=O)(=O)C1CC1. The van der Waals surface area contributed by atoms with E-state index in [1.807, 2.05) is 0 Å². The predicted octanol–water partition coefficient (Wildman–Crippen LogP) is 2.19. The highest BCUT2D eigenvalue weighted by Gasteiger charge is 2.62. The molecule has 2 saturated heterocycles. The molecule has 2 heterocycles. The predicted molar refractivity (Wildman–Crippen MR) is 168 cm³/mol. The Morgan fingerprint density at radius 3 is 2.15 bits per heavy atom. The number of rotatable bonds is 9. The first-order chi connectivity index (χ1) is 21.3. The van der Waals surface area contributed by atoms with Crippen LogP contribution in [0.15, 0.2) is 12.7 Å². The lowest BCUT2D eigenvalue weighted by Gasteiger charge is -2.34. The number of urea groups is 1. The van der Waals surface area contributed by atoms with Gasteiger partial charge >= 0.3 is 18.1 Å². The Balaban J connectivity index is 1.55. The van der Waals surface area contributed by atoms with Crippen LogP contribution in [-0.4, -0.2) is 102 Å². The van der Waals surface area contributed by atoms with Crippen LogP contribution in [0.3, 0.4) is 0 Å². The van der Waals surface area contributed by atoms with Crippen molar-refractivity contribution in [3.8, 4) is 0 Å². The maximum Gasteiger partial charge on any atom is 0.410 e. The molecule has 46 heavy (non-hydrogen) atoms. The standard InChI is InChI=1S/C31H49N5O9S/c1-8-19-17-31(19,26(39)34-46(42,43)21-12-13-21)33-27(40)36-18-20(44-28(41)35-14-10-9-11-15-35)16-22(36)24(37)32-23(29(2,3)4)25(38)45-30(5,6)7/h8,19-23H,1,9-18H2,2-7H3,(H,32,37)(H,33,40)(H,34,39)/t19-,20-,22-,23+,31+/m0/s1. The third-order valence-corrected chi connectivity index (χ3v) is 10.6. The fourth-order valence-corrected chi connectivity index (χ4v) is 7.22. The minimum atomic E-state index is -3.89. The van der Waals surface area contributed by atoms with Gasteiger partial charge in [-0.25, -0.2) is 22.8 Å². The van der Waals surface area contributed by atoms with E-state index in [2.05, 4.69) is 21.9 Å². The molecule has 0 unspecified atom stereocenters. The van der Waals surface area contributed by atoms with Crippen molar-refractivity contribution in [2.24, 2.45) is 11.3 Å². The molecule has 14 nitrogen and oxygen atoms in total. The van der Waals surface area contributed by atoms with E-state index in [4.69, 9.17) is 9.47 Å². The van der Waals surface area contributed by atoms with Crippen molar-refractivity contribution in [2.45, 2.75) is 121 Å². The van der Waals surface area contributed by atoms with Crippen LogP contribution >= 0.6 is 0 Å². The fraction of sp³-hybridized carbons (Fsp3) is 0.774. The molecule has 0 spiro atoms. The fourth-order valence-electron chi connectivity index (χ4n) is 5.86.